The molecule has 5 nitrogen and oxygen atoms in total. The van der Waals surface area contributed by atoms with Gasteiger partial charge in [-0.05, 0) is 35.2 Å². The van der Waals surface area contributed by atoms with Crippen molar-refractivity contribution < 1.29 is 13.9 Å². The number of halogens is 1. The van der Waals surface area contributed by atoms with Crippen LogP contribution in [0.2, 0.25) is 0 Å². The Kier molecular flexibility index (Phi) is 5.19. The summed E-state index contributed by atoms with van der Waals surface area (Å²) >= 11 is 0. The zero-order valence-corrected chi connectivity index (χ0v) is 18.7. The summed E-state index contributed by atoms with van der Waals surface area (Å²) in [4.78, 5) is 2.29. The molecule has 3 aromatic carbocycles. The van der Waals surface area contributed by atoms with Crippen molar-refractivity contribution in [1.29, 1.82) is 0 Å². The van der Waals surface area contributed by atoms with Crippen molar-refractivity contribution in [3.63, 3.8) is 0 Å². The summed E-state index contributed by atoms with van der Waals surface area (Å²) in [6, 6.07) is 20.3. The third kappa shape index (κ3) is 3.63. The maximum atomic E-state index is 14.6. The number of fused-ring (bicyclic) bond motifs is 4. The Morgan fingerprint density at radius 2 is 1.67 bits per heavy atom. The summed E-state index contributed by atoms with van der Waals surface area (Å²) in [5, 5.41) is 0. The molecule has 0 aliphatic carbocycles. The monoisotopic (exact) mass is 445 g/mol. The van der Waals surface area contributed by atoms with Crippen LogP contribution in [0.3, 0.4) is 0 Å². The van der Waals surface area contributed by atoms with E-state index in [-0.39, 0.29) is 23.8 Å². The predicted octanol–water partition coefficient (Wildman–Crippen LogP) is 4.69. The first kappa shape index (κ1) is 20.5. The molecule has 1 saturated heterocycles. The first-order valence-corrected chi connectivity index (χ1v) is 11.7. The molecule has 2 N–H and O–H groups in total. The normalized spacial score (nSPS) is 23.2. The highest BCUT2D eigenvalue weighted by molar-refractivity contribution is 5.65. The molecule has 3 unspecified atom stereocenters. The molecular weight excluding hydrogens is 417 g/mol. The molecule has 3 aromatic rings. The Morgan fingerprint density at radius 3 is 2.42 bits per heavy atom. The lowest BCUT2D eigenvalue weighted by Crippen LogP contribution is -2.39. The van der Waals surface area contributed by atoms with Crippen LogP contribution in [0.1, 0.15) is 41.3 Å². The van der Waals surface area contributed by atoms with E-state index in [9.17, 15) is 4.39 Å². The van der Waals surface area contributed by atoms with Crippen molar-refractivity contribution in [2.24, 2.45) is 5.92 Å². The maximum absolute atomic E-state index is 14.6. The van der Waals surface area contributed by atoms with Gasteiger partial charge in [0.05, 0.1) is 12.1 Å². The van der Waals surface area contributed by atoms with Crippen molar-refractivity contribution in [3.05, 3.63) is 88.7 Å². The Labute approximate surface area is 193 Å². The van der Waals surface area contributed by atoms with Crippen LogP contribution in [0.5, 0.6) is 11.5 Å². The molecule has 0 saturated carbocycles. The van der Waals surface area contributed by atoms with E-state index in [1.807, 2.05) is 12.1 Å². The number of nitrogens with one attached hydrogen (secondary N) is 2. The van der Waals surface area contributed by atoms with Gasteiger partial charge in [0.2, 0.25) is 0 Å². The standard InChI is InChI=1S/C27H28FN3O2/c1-2-17-7-9-18(10-8-17)26-21-16-31(15-19-5-3-4-6-22(19)28)23-14-25-24(32-11-12-33-25)13-20(23)27(21)30-29-26/h3-10,13-14,21,26-27,29-30H,2,11-12,15-16H2,1H3. The molecule has 0 radical (unpaired) electrons. The van der Waals surface area contributed by atoms with Gasteiger partial charge in [0.15, 0.2) is 11.5 Å². The van der Waals surface area contributed by atoms with Crippen molar-refractivity contribution in [1.82, 2.24) is 10.9 Å². The van der Waals surface area contributed by atoms with Crippen LogP contribution in [-0.2, 0) is 13.0 Å². The van der Waals surface area contributed by atoms with Gasteiger partial charge in [-0.3, -0.25) is 0 Å². The third-order valence-corrected chi connectivity index (χ3v) is 7.12. The molecule has 6 heteroatoms. The number of aryl methyl sites for hydroxylation is 1. The van der Waals surface area contributed by atoms with E-state index < -0.39 is 0 Å². The van der Waals surface area contributed by atoms with Gasteiger partial charge in [-0.15, -0.1) is 0 Å². The van der Waals surface area contributed by atoms with Crippen LogP contribution in [-0.4, -0.2) is 19.8 Å². The van der Waals surface area contributed by atoms with Crippen LogP contribution in [0.15, 0.2) is 60.7 Å². The van der Waals surface area contributed by atoms with Crippen LogP contribution in [0, 0.1) is 11.7 Å². The molecule has 3 aliphatic heterocycles. The van der Waals surface area contributed by atoms with Crippen molar-refractivity contribution in [2.45, 2.75) is 32.0 Å². The topological polar surface area (TPSA) is 45.8 Å². The molecule has 0 spiro atoms. The number of rotatable bonds is 4. The van der Waals surface area contributed by atoms with Gasteiger partial charge in [-0.25, -0.2) is 15.2 Å². The number of hydrogen-bond donors (Lipinski definition) is 2. The fourth-order valence-corrected chi connectivity index (χ4v) is 5.35. The second-order valence-electron chi connectivity index (χ2n) is 9.03. The summed E-state index contributed by atoms with van der Waals surface area (Å²) in [6.45, 7) is 4.57. The van der Waals surface area contributed by atoms with Gasteiger partial charge in [-0.1, -0.05) is 49.4 Å². The number of nitrogens with zero attached hydrogens (tertiary/aromatic N) is 1. The third-order valence-electron chi connectivity index (χ3n) is 7.12. The average molecular weight is 446 g/mol. The van der Waals surface area contributed by atoms with Crippen LogP contribution in [0.4, 0.5) is 10.1 Å². The first-order valence-electron chi connectivity index (χ1n) is 11.7. The number of benzene rings is 3. The Morgan fingerprint density at radius 1 is 0.939 bits per heavy atom. The van der Waals surface area contributed by atoms with Crippen molar-refractivity contribution >= 4 is 5.69 Å². The van der Waals surface area contributed by atoms with Gasteiger partial charge < -0.3 is 14.4 Å². The van der Waals surface area contributed by atoms with E-state index in [4.69, 9.17) is 9.47 Å². The van der Waals surface area contributed by atoms with E-state index in [2.05, 4.69) is 59.1 Å². The number of hydrazine groups is 1. The second kappa shape index (κ2) is 8.36. The Bertz CT molecular complexity index is 1170. The molecule has 0 amide bonds. The summed E-state index contributed by atoms with van der Waals surface area (Å²) in [7, 11) is 0. The van der Waals surface area contributed by atoms with Gasteiger partial charge in [-0.2, -0.15) is 0 Å². The second-order valence-corrected chi connectivity index (χ2v) is 9.03. The summed E-state index contributed by atoms with van der Waals surface area (Å²) < 4.78 is 26.3. The largest absolute Gasteiger partial charge is 0.486 e. The lowest BCUT2D eigenvalue weighted by atomic mass is 9.81. The molecular formula is C27H28FN3O2. The highest BCUT2D eigenvalue weighted by Gasteiger charge is 2.44. The van der Waals surface area contributed by atoms with E-state index in [0.717, 1.165) is 35.7 Å². The van der Waals surface area contributed by atoms with Crippen LogP contribution < -0.4 is 25.2 Å². The van der Waals surface area contributed by atoms with Crippen LogP contribution >= 0.6 is 0 Å². The fraction of sp³-hybridized carbons (Fsp3) is 0.333. The quantitative estimate of drug-likeness (QED) is 0.610. The molecule has 0 bridgehead atoms. The molecule has 1 fully saturated rings. The molecule has 6 rings (SSSR count). The van der Waals surface area contributed by atoms with Gasteiger partial charge in [0.1, 0.15) is 19.0 Å². The number of hydrogen-bond acceptors (Lipinski definition) is 5. The smallest absolute Gasteiger partial charge is 0.163 e. The van der Waals surface area contributed by atoms with Crippen molar-refractivity contribution in [3.8, 4) is 11.5 Å². The SMILES string of the molecule is CCc1ccc(C2NNC3c4cc5c(cc4N(Cc4ccccc4F)CC23)OCCO5)cc1. The molecule has 33 heavy (non-hydrogen) atoms. The zero-order chi connectivity index (χ0) is 22.4. The average Bonchev–Trinajstić information content (AvgIpc) is 3.28. The van der Waals surface area contributed by atoms with E-state index in [1.54, 1.807) is 6.07 Å². The van der Waals surface area contributed by atoms with Gasteiger partial charge in [0, 0.05) is 36.3 Å². The highest BCUT2D eigenvalue weighted by atomic mass is 19.1. The Balaban J connectivity index is 1.40. The summed E-state index contributed by atoms with van der Waals surface area (Å²) in [5.41, 5.74) is 12.6. The molecule has 3 atom stereocenters. The lowest BCUT2D eigenvalue weighted by molar-refractivity contribution is 0.171. The zero-order valence-electron chi connectivity index (χ0n) is 18.7. The van der Waals surface area contributed by atoms with Crippen molar-refractivity contribution in [2.75, 3.05) is 24.7 Å². The molecule has 3 heterocycles. The minimum atomic E-state index is -0.173. The maximum Gasteiger partial charge on any atom is 0.163 e. The minimum Gasteiger partial charge on any atom is -0.486 e. The highest BCUT2D eigenvalue weighted by Crippen LogP contribution is 2.49. The molecule has 0 aromatic heterocycles. The van der Waals surface area contributed by atoms with E-state index in [1.165, 1.54) is 17.2 Å². The summed E-state index contributed by atoms with van der Waals surface area (Å²) in [5.74, 6) is 1.64. The molecule has 3 aliphatic rings. The summed E-state index contributed by atoms with van der Waals surface area (Å²) in [6.07, 6.45) is 1.03. The minimum absolute atomic E-state index is 0.128. The van der Waals surface area contributed by atoms with Crippen LogP contribution in [0.25, 0.3) is 0 Å². The van der Waals surface area contributed by atoms with E-state index in [0.29, 0.717) is 25.3 Å². The molecule has 170 valence electrons. The van der Waals surface area contributed by atoms with E-state index >= 15 is 0 Å². The van der Waals surface area contributed by atoms with Gasteiger partial charge >= 0.3 is 0 Å². The number of anilines is 1. The fourth-order valence-electron chi connectivity index (χ4n) is 5.35. The lowest BCUT2D eigenvalue weighted by Gasteiger charge is -2.40. The predicted molar refractivity (Wildman–Crippen MR) is 126 cm³/mol. The first-order chi connectivity index (χ1) is 16.2. The Hall–Kier alpha value is -3.09. The number of ether oxygens (including phenoxy) is 2. The van der Waals surface area contributed by atoms with Gasteiger partial charge in [0.25, 0.3) is 0 Å².